The summed E-state index contributed by atoms with van der Waals surface area (Å²) in [7, 11) is 3.44. The van der Waals surface area contributed by atoms with Crippen LogP contribution in [0, 0.1) is 5.82 Å². The van der Waals surface area contributed by atoms with Crippen molar-refractivity contribution in [3.05, 3.63) is 57.9 Å². The first-order valence-corrected chi connectivity index (χ1v) is 8.77. The first kappa shape index (κ1) is 18.7. The fraction of sp³-hybridized carbons (Fsp3) is 0.350. The molecule has 0 saturated heterocycles. The monoisotopic (exact) mass is 376 g/mol. The highest BCUT2D eigenvalue weighted by molar-refractivity contribution is 6.34. The number of halogens is 2. The fourth-order valence-corrected chi connectivity index (χ4v) is 3.44. The molecule has 0 saturated carbocycles. The Morgan fingerprint density at radius 1 is 1.31 bits per heavy atom. The van der Waals surface area contributed by atoms with Crippen LogP contribution in [0.3, 0.4) is 0 Å². The zero-order valence-electron chi connectivity index (χ0n) is 15.3. The maximum absolute atomic E-state index is 13.8. The van der Waals surface area contributed by atoms with E-state index in [2.05, 4.69) is 31.1 Å². The van der Waals surface area contributed by atoms with E-state index in [1.807, 2.05) is 6.07 Å². The van der Waals surface area contributed by atoms with E-state index in [1.165, 1.54) is 24.8 Å². The Bertz CT molecular complexity index is 867. The third-order valence-electron chi connectivity index (χ3n) is 5.05. The van der Waals surface area contributed by atoms with Gasteiger partial charge in [-0.1, -0.05) is 17.7 Å². The number of methoxy groups -OCH3 is 1. The Hall–Kier alpha value is -2.11. The molecule has 6 heteroatoms. The number of likely N-dealkylation sites (N-methyl/N-ethyl adjacent to an activating group) is 1. The number of fused-ring (bicyclic) bond motifs is 1. The van der Waals surface area contributed by atoms with E-state index in [0.717, 1.165) is 18.1 Å². The van der Waals surface area contributed by atoms with Crippen LogP contribution in [-0.2, 0) is 13.0 Å². The van der Waals surface area contributed by atoms with Crippen LogP contribution in [0.2, 0.25) is 5.02 Å². The van der Waals surface area contributed by atoms with Crippen LogP contribution in [-0.4, -0.2) is 30.5 Å². The van der Waals surface area contributed by atoms with E-state index in [1.54, 1.807) is 6.07 Å². The SMILES string of the molecule is COc1ccc(C(=O)Nc2ccc3c(c2Cl)CN(C)C(C)(C)C3)cc1F. The molecule has 0 aliphatic carbocycles. The summed E-state index contributed by atoms with van der Waals surface area (Å²) in [5.74, 6) is -0.905. The number of rotatable bonds is 3. The second kappa shape index (κ2) is 6.89. The lowest BCUT2D eigenvalue weighted by atomic mass is 9.86. The zero-order chi connectivity index (χ0) is 19.1. The van der Waals surface area contributed by atoms with Crippen molar-refractivity contribution in [1.29, 1.82) is 0 Å². The molecular weight excluding hydrogens is 355 g/mol. The molecule has 138 valence electrons. The molecule has 1 aliphatic heterocycles. The minimum absolute atomic E-state index is 0.0573. The predicted octanol–water partition coefficient (Wildman–Crippen LogP) is 4.51. The Morgan fingerprint density at radius 2 is 2.04 bits per heavy atom. The highest BCUT2D eigenvalue weighted by Gasteiger charge is 2.31. The number of nitrogens with zero attached hydrogens (tertiary/aromatic N) is 1. The maximum atomic E-state index is 13.8. The van der Waals surface area contributed by atoms with Crippen LogP contribution in [0.5, 0.6) is 5.75 Å². The highest BCUT2D eigenvalue weighted by Crippen LogP contribution is 2.37. The van der Waals surface area contributed by atoms with Crippen molar-refractivity contribution in [1.82, 2.24) is 4.90 Å². The van der Waals surface area contributed by atoms with Crippen molar-refractivity contribution in [2.24, 2.45) is 0 Å². The van der Waals surface area contributed by atoms with Crippen LogP contribution in [0.15, 0.2) is 30.3 Å². The van der Waals surface area contributed by atoms with Gasteiger partial charge >= 0.3 is 0 Å². The van der Waals surface area contributed by atoms with E-state index in [0.29, 0.717) is 17.3 Å². The highest BCUT2D eigenvalue weighted by atomic mass is 35.5. The summed E-state index contributed by atoms with van der Waals surface area (Å²) < 4.78 is 18.7. The second-order valence-corrected chi connectivity index (χ2v) is 7.59. The summed E-state index contributed by atoms with van der Waals surface area (Å²) in [5.41, 5.74) is 3.00. The van der Waals surface area contributed by atoms with Crippen molar-refractivity contribution < 1.29 is 13.9 Å². The first-order valence-electron chi connectivity index (χ1n) is 8.39. The Labute approximate surface area is 157 Å². The van der Waals surface area contributed by atoms with Crippen molar-refractivity contribution in [3.63, 3.8) is 0 Å². The van der Waals surface area contributed by atoms with E-state index in [4.69, 9.17) is 16.3 Å². The van der Waals surface area contributed by atoms with Crippen molar-refractivity contribution >= 4 is 23.2 Å². The molecule has 0 radical (unpaired) electrons. The third-order valence-corrected chi connectivity index (χ3v) is 5.49. The van der Waals surface area contributed by atoms with Crippen molar-refractivity contribution in [2.45, 2.75) is 32.4 Å². The molecule has 3 rings (SSSR count). The molecule has 4 nitrogen and oxygen atoms in total. The van der Waals surface area contributed by atoms with Crippen LogP contribution >= 0.6 is 11.6 Å². The van der Waals surface area contributed by atoms with Gasteiger partial charge in [0.2, 0.25) is 0 Å². The third kappa shape index (κ3) is 3.41. The molecule has 2 aromatic rings. The molecule has 2 aromatic carbocycles. The van der Waals surface area contributed by atoms with Gasteiger partial charge in [0.25, 0.3) is 5.91 Å². The molecule has 26 heavy (non-hydrogen) atoms. The number of ether oxygens (including phenoxy) is 1. The summed E-state index contributed by atoms with van der Waals surface area (Å²) in [6.07, 6.45) is 0.885. The van der Waals surface area contributed by atoms with Gasteiger partial charge in [0, 0.05) is 17.6 Å². The molecule has 1 aliphatic rings. The largest absolute Gasteiger partial charge is 0.494 e. The molecule has 0 aromatic heterocycles. The number of nitrogens with one attached hydrogen (secondary N) is 1. The summed E-state index contributed by atoms with van der Waals surface area (Å²) in [4.78, 5) is 14.7. The lowest BCUT2D eigenvalue weighted by Crippen LogP contribution is -2.46. The average molecular weight is 377 g/mol. The van der Waals surface area contributed by atoms with Gasteiger partial charge in [0.15, 0.2) is 11.6 Å². The van der Waals surface area contributed by atoms with Gasteiger partial charge in [0.05, 0.1) is 17.8 Å². The molecule has 0 unspecified atom stereocenters. The quantitative estimate of drug-likeness (QED) is 0.857. The maximum Gasteiger partial charge on any atom is 0.255 e. The van der Waals surface area contributed by atoms with E-state index in [-0.39, 0.29) is 16.9 Å². The topological polar surface area (TPSA) is 41.6 Å². The molecule has 0 spiro atoms. The zero-order valence-corrected chi connectivity index (χ0v) is 16.1. The smallest absolute Gasteiger partial charge is 0.255 e. The molecule has 1 heterocycles. The van der Waals surface area contributed by atoms with Crippen LogP contribution in [0.4, 0.5) is 10.1 Å². The fourth-order valence-electron chi connectivity index (χ4n) is 3.15. The van der Waals surface area contributed by atoms with Crippen LogP contribution < -0.4 is 10.1 Å². The molecule has 0 atom stereocenters. The number of carbonyl (C=O) groups is 1. The molecule has 0 bridgehead atoms. The lowest BCUT2D eigenvalue weighted by molar-refractivity contribution is 0.102. The Morgan fingerprint density at radius 3 is 2.69 bits per heavy atom. The summed E-state index contributed by atoms with van der Waals surface area (Å²) >= 11 is 6.56. The number of hydrogen-bond acceptors (Lipinski definition) is 3. The summed E-state index contributed by atoms with van der Waals surface area (Å²) in [6, 6.07) is 7.90. The number of amides is 1. The van der Waals surface area contributed by atoms with Crippen molar-refractivity contribution in [3.8, 4) is 5.75 Å². The number of benzene rings is 2. The number of anilines is 1. The van der Waals surface area contributed by atoms with Gasteiger partial charge in [-0.2, -0.15) is 0 Å². The summed E-state index contributed by atoms with van der Waals surface area (Å²) in [5, 5.41) is 3.31. The van der Waals surface area contributed by atoms with Gasteiger partial charge in [0.1, 0.15) is 0 Å². The standard InChI is InChI=1S/C20H22ClFN2O2/c1-20(2)10-13-5-7-16(18(21)14(13)11-24(20)3)23-19(25)12-6-8-17(26-4)15(22)9-12/h5-9H,10-11H2,1-4H3,(H,23,25). The number of carbonyl (C=O) groups excluding carboxylic acids is 1. The number of hydrogen-bond donors (Lipinski definition) is 1. The lowest BCUT2D eigenvalue weighted by Gasteiger charge is -2.41. The molecular formula is C20H22ClFN2O2. The van der Waals surface area contributed by atoms with Crippen LogP contribution in [0.1, 0.15) is 35.3 Å². The Balaban J connectivity index is 1.86. The van der Waals surface area contributed by atoms with Gasteiger partial charge in [-0.05, 0) is 62.7 Å². The minimum atomic E-state index is -0.583. The van der Waals surface area contributed by atoms with Gasteiger partial charge in [-0.15, -0.1) is 0 Å². The van der Waals surface area contributed by atoms with E-state index in [9.17, 15) is 9.18 Å². The summed E-state index contributed by atoms with van der Waals surface area (Å²) in [6.45, 7) is 5.09. The molecule has 1 N–H and O–H groups in total. The van der Waals surface area contributed by atoms with Gasteiger partial charge in [-0.25, -0.2) is 4.39 Å². The predicted molar refractivity (Wildman–Crippen MR) is 102 cm³/mol. The Kier molecular flexibility index (Phi) is 4.95. The van der Waals surface area contributed by atoms with Gasteiger partial charge < -0.3 is 10.1 Å². The normalized spacial score (nSPS) is 16.1. The second-order valence-electron chi connectivity index (χ2n) is 7.21. The van der Waals surface area contributed by atoms with Crippen LogP contribution in [0.25, 0.3) is 0 Å². The van der Waals surface area contributed by atoms with E-state index < -0.39 is 11.7 Å². The average Bonchev–Trinajstić information content (AvgIpc) is 2.59. The first-order chi connectivity index (χ1) is 12.2. The molecule has 0 fully saturated rings. The molecule has 1 amide bonds. The van der Waals surface area contributed by atoms with E-state index >= 15 is 0 Å². The minimum Gasteiger partial charge on any atom is -0.494 e. The van der Waals surface area contributed by atoms with Gasteiger partial charge in [-0.3, -0.25) is 9.69 Å². The van der Waals surface area contributed by atoms with Crippen molar-refractivity contribution in [2.75, 3.05) is 19.5 Å².